The van der Waals surface area contributed by atoms with Gasteiger partial charge in [-0.25, -0.2) is 13.1 Å². The van der Waals surface area contributed by atoms with Gasteiger partial charge in [-0.1, -0.05) is 23.7 Å². The fourth-order valence-electron chi connectivity index (χ4n) is 1.48. The summed E-state index contributed by atoms with van der Waals surface area (Å²) in [6, 6.07) is 4.94. The van der Waals surface area contributed by atoms with E-state index >= 15 is 0 Å². The van der Waals surface area contributed by atoms with Gasteiger partial charge in [0.15, 0.2) is 0 Å². The Labute approximate surface area is 119 Å². The van der Waals surface area contributed by atoms with Crippen molar-refractivity contribution in [2.45, 2.75) is 11.8 Å². The lowest BCUT2D eigenvalue weighted by atomic mass is 10.2. The number of nitrogens with one attached hydrogen (secondary N) is 2. The highest BCUT2D eigenvalue weighted by Crippen LogP contribution is 2.24. The highest BCUT2D eigenvalue weighted by molar-refractivity contribution is 7.89. The summed E-state index contributed by atoms with van der Waals surface area (Å²) in [4.78, 5) is 0.117. The molecule has 1 aromatic rings. The molecule has 0 bridgehead atoms. The van der Waals surface area contributed by atoms with Crippen molar-refractivity contribution in [2.75, 3.05) is 33.4 Å². The maximum absolute atomic E-state index is 12.0. The molecule has 0 radical (unpaired) electrons. The molecule has 0 fully saturated rings. The first-order chi connectivity index (χ1) is 8.99. The Balaban J connectivity index is 2.54. The fourth-order valence-corrected chi connectivity index (χ4v) is 3.09. The first-order valence-electron chi connectivity index (χ1n) is 5.93. The lowest BCUT2D eigenvalue weighted by molar-refractivity contribution is 0.199. The Morgan fingerprint density at radius 3 is 2.68 bits per heavy atom. The van der Waals surface area contributed by atoms with Gasteiger partial charge in [-0.2, -0.15) is 0 Å². The largest absolute Gasteiger partial charge is 0.383 e. The fraction of sp³-hybridized carbons (Fsp3) is 0.500. The molecule has 5 nitrogen and oxygen atoms in total. The van der Waals surface area contributed by atoms with Gasteiger partial charge in [0.1, 0.15) is 4.90 Å². The molecule has 0 amide bonds. The van der Waals surface area contributed by atoms with Crippen molar-refractivity contribution in [2.24, 2.45) is 0 Å². The second-order valence-corrected chi connectivity index (χ2v) is 6.14. The van der Waals surface area contributed by atoms with Gasteiger partial charge in [0.05, 0.1) is 11.6 Å². The summed E-state index contributed by atoms with van der Waals surface area (Å²) in [5.41, 5.74) is 0.739. The van der Waals surface area contributed by atoms with E-state index in [-0.39, 0.29) is 9.92 Å². The van der Waals surface area contributed by atoms with Gasteiger partial charge in [-0.3, -0.25) is 0 Å². The molecule has 0 aliphatic rings. The first kappa shape index (κ1) is 16.4. The molecule has 0 heterocycles. The second kappa shape index (κ2) is 7.81. The SMILES string of the molecule is COCCNCCNS(=O)(=O)c1cccc(C)c1Cl. The van der Waals surface area contributed by atoms with Crippen LogP contribution in [0, 0.1) is 6.92 Å². The molecule has 0 aromatic heterocycles. The van der Waals surface area contributed by atoms with Crippen LogP contribution in [0.3, 0.4) is 0 Å². The van der Waals surface area contributed by atoms with E-state index in [9.17, 15) is 8.42 Å². The zero-order valence-corrected chi connectivity index (χ0v) is 12.6. The molecule has 0 saturated heterocycles. The normalized spacial score (nSPS) is 11.7. The molecule has 19 heavy (non-hydrogen) atoms. The predicted molar refractivity (Wildman–Crippen MR) is 76.1 cm³/mol. The summed E-state index contributed by atoms with van der Waals surface area (Å²) in [6.07, 6.45) is 0. The van der Waals surface area contributed by atoms with Crippen LogP contribution in [0.4, 0.5) is 0 Å². The first-order valence-corrected chi connectivity index (χ1v) is 7.79. The van der Waals surface area contributed by atoms with Crippen LogP contribution in [-0.4, -0.2) is 41.8 Å². The van der Waals surface area contributed by atoms with E-state index in [0.29, 0.717) is 26.2 Å². The molecule has 0 aliphatic carbocycles. The maximum Gasteiger partial charge on any atom is 0.242 e. The molecular formula is C12H19ClN2O3S. The average molecular weight is 307 g/mol. The summed E-state index contributed by atoms with van der Waals surface area (Å²) in [5.74, 6) is 0. The second-order valence-electron chi connectivity index (χ2n) is 4.03. The molecule has 108 valence electrons. The smallest absolute Gasteiger partial charge is 0.242 e. The van der Waals surface area contributed by atoms with Crippen molar-refractivity contribution in [1.82, 2.24) is 10.0 Å². The Kier molecular flexibility index (Phi) is 6.74. The van der Waals surface area contributed by atoms with Crippen LogP contribution in [0.15, 0.2) is 23.1 Å². The highest BCUT2D eigenvalue weighted by Gasteiger charge is 2.17. The molecule has 1 aromatic carbocycles. The summed E-state index contributed by atoms with van der Waals surface area (Å²) in [5, 5.41) is 3.32. The van der Waals surface area contributed by atoms with Crippen molar-refractivity contribution in [1.29, 1.82) is 0 Å². The van der Waals surface area contributed by atoms with Gasteiger partial charge in [-0.15, -0.1) is 0 Å². The van der Waals surface area contributed by atoms with Crippen LogP contribution in [0.5, 0.6) is 0 Å². The average Bonchev–Trinajstić information content (AvgIpc) is 2.36. The monoisotopic (exact) mass is 306 g/mol. The Morgan fingerprint density at radius 2 is 2.00 bits per heavy atom. The molecule has 2 N–H and O–H groups in total. The molecule has 0 unspecified atom stereocenters. The third-order valence-corrected chi connectivity index (χ3v) is 4.64. The zero-order valence-electron chi connectivity index (χ0n) is 11.1. The topological polar surface area (TPSA) is 67.4 Å². The number of sulfonamides is 1. The van der Waals surface area contributed by atoms with Gasteiger partial charge >= 0.3 is 0 Å². The minimum atomic E-state index is -3.56. The van der Waals surface area contributed by atoms with Crippen LogP contribution in [0.25, 0.3) is 0 Å². The van der Waals surface area contributed by atoms with Gasteiger partial charge in [0, 0.05) is 26.7 Å². The number of aryl methyl sites for hydroxylation is 1. The van der Waals surface area contributed by atoms with Crippen LogP contribution >= 0.6 is 11.6 Å². The summed E-state index contributed by atoms with van der Waals surface area (Å²) in [7, 11) is -1.94. The number of benzene rings is 1. The molecule has 0 saturated carbocycles. The molecule has 1 rings (SSSR count). The zero-order chi connectivity index (χ0) is 14.3. The van der Waals surface area contributed by atoms with Crippen molar-refractivity contribution < 1.29 is 13.2 Å². The lowest BCUT2D eigenvalue weighted by Crippen LogP contribution is -2.33. The van der Waals surface area contributed by atoms with Crippen molar-refractivity contribution in [3.05, 3.63) is 28.8 Å². The van der Waals surface area contributed by atoms with Crippen molar-refractivity contribution in [3.63, 3.8) is 0 Å². The van der Waals surface area contributed by atoms with Crippen LogP contribution < -0.4 is 10.0 Å². The van der Waals surface area contributed by atoms with Gasteiger partial charge in [0.2, 0.25) is 10.0 Å². The van der Waals surface area contributed by atoms with Gasteiger partial charge < -0.3 is 10.1 Å². The van der Waals surface area contributed by atoms with E-state index in [0.717, 1.165) is 5.56 Å². The third-order valence-electron chi connectivity index (χ3n) is 2.52. The maximum atomic E-state index is 12.0. The Bertz CT molecular complexity index is 506. The van der Waals surface area contributed by atoms with E-state index in [2.05, 4.69) is 10.0 Å². The highest BCUT2D eigenvalue weighted by atomic mass is 35.5. The Morgan fingerprint density at radius 1 is 1.26 bits per heavy atom. The van der Waals surface area contributed by atoms with Gasteiger partial charge in [-0.05, 0) is 18.6 Å². The van der Waals surface area contributed by atoms with E-state index in [1.807, 2.05) is 0 Å². The minimum Gasteiger partial charge on any atom is -0.383 e. The number of methoxy groups -OCH3 is 1. The summed E-state index contributed by atoms with van der Waals surface area (Å²) < 4.78 is 31.5. The molecule has 0 aliphatic heterocycles. The molecule has 0 spiro atoms. The van der Waals surface area contributed by atoms with E-state index in [1.165, 1.54) is 6.07 Å². The standard InChI is InChI=1S/C12H19ClN2O3S/c1-10-4-3-5-11(12(10)13)19(16,17)15-7-6-14-8-9-18-2/h3-5,14-15H,6-9H2,1-2H3. The number of hydrogen-bond donors (Lipinski definition) is 2. The number of halogens is 1. The summed E-state index contributed by atoms with van der Waals surface area (Å²) >= 11 is 6.01. The van der Waals surface area contributed by atoms with Crippen LogP contribution in [-0.2, 0) is 14.8 Å². The minimum absolute atomic E-state index is 0.117. The molecule has 0 atom stereocenters. The molecular weight excluding hydrogens is 288 g/mol. The quantitative estimate of drug-likeness (QED) is 0.707. The van der Waals surface area contributed by atoms with Crippen molar-refractivity contribution >= 4 is 21.6 Å². The van der Waals surface area contributed by atoms with Crippen molar-refractivity contribution in [3.8, 4) is 0 Å². The van der Waals surface area contributed by atoms with Crippen LogP contribution in [0.1, 0.15) is 5.56 Å². The summed E-state index contributed by atoms with van der Waals surface area (Å²) in [6.45, 7) is 3.88. The number of rotatable bonds is 8. The molecule has 7 heteroatoms. The van der Waals surface area contributed by atoms with Gasteiger partial charge in [0.25, 0.3) is 0 Å². The lowest BCUT2D eigenvalue weighted by Gasteiger charge is -2.10. The Hall–Kier alpha value is -0.660. The predicted octanol–water partition coefficient (Wildman–Crippen LogP) is 1.16. The van der Waals surface area contributed by atoms with Crippen LogP contribution in [0.2, 0.25) is 5.02 Å². The van der Waals surface area contributed by atoms with E-state index in [4.69, 9.17) is 16.3 Å². The number of ether oxygens (including phenoxy) is 1. The van der Waals surface area contributed by atoms with E-state index in [1.54, 1.807) is 26.2 Å². The third kappa shape index (κ3) is 5.08. The number of hydrogen-bond acceptors (Lipinski definition) is 4. The van der Waals surface area contributed by atoms with E-state index < -0.39 is 10.0 Å².